The minimum absolute atomic E-state index is 1.20. The minimum atomic E-state index is 1.20. The van der Waals surface area contributed by atoms with Gasteiger partial charge >= 0.3 is 0 Å². The Morgan fingerprint density at radius 1 is 1.45 bits per heavy atom. The molecule has 0 aliphatic carbocycles. The summed E-state index contributed by atoms with van der Waals surface area (Å²) in [5.41, 5.74) is 1.28. The molecule has 0 fully saturated rings. The quantitative estimate of drug-likeness (QED) is 0.473. The number of hydrogen-bond acceptors (Lipinski definition) is 1. The van der Waals surface area contributed by atoms with Gasteiger partial charge in [-0.2, -0.15) is 0 Å². The molecule has 0 spiro atoms. The molecule has 0 saturated carbocycles. The van der Waals surface area contributed by atoms with Crippen LogP contribution in [0.15, 0.2) is 23.9 Å². The Labute approximate surface area is 70.2 Å². The van der Waals surface area contributed by atoms with Gasteiger partial charge in [0.05, 0.1) is 0 Å². The molecule has 64 valence electrons. The van der Waals surface area contributed by atoms with E-state index in [-0.39, 0.29) is 0 Å². The van der Waals surface area contributed by atoms with Crippen molar-refractivity contribution in [2.45, 2.75) is 33.1 Å². The number of nitrogens with one attached hydrogen (secondary N) is 1. The molecule has 0 bridgehead atoms. The van der Waals surface area contributed by atoms with E-state index < -0.39 is 0 Å². The van der Waals surface area contributed by atoms with Gasteiger partial charge in [0.2, 0.25) is 0 Å². The van der Waals surface area contributed by atoms with Gasteiger partial charge in [-0.15, -0.1) is 0 Å². The molecule has 0 radical (unpaired) electrons. The van der Waals surface area contributed by atoms with Crippen LogP contribution in [0.5, 0.6) is 0 Å². The van der Waals surface area contributed by atoms with Gasteiger partial charge < -0.3 is 5.32 Å². The number of hydrogen-bond donors (Lipinski definition) is 1. The molecule has 0 rings (SSSR count). The van der Waals surface area contributed by atoms with Crippen LogP contribution in [0.2, 0.25) is 0 Å². The summed E-state index contributed by atoms with van der Waals surface area (Å²) in [4.78, 5) is 0. The average molecular weight is 153 g/mol. The van der Waals surface area contributed by atoms with Gasteiger partial charge in [-0.25, -0.2) is 0 Å². The van der Waals surface area contributed by atoms with Gasteiger partial charge in [-0.05, 0) is 25.1 Å². The predicted octanol–water partition coefficient (Wildman–Crippen LogP) is 2.86. The number of rotatable bonds is 5. The smallest absolute Gasteiger partial charge is 0.00277 e. The molecular weight excluding hydrogens is 134 g/mol. The summed E-state index contributed by atoms with van der Waals surface area (Å²) in [6, 6.07) is 0. The van der Waals surface area contributed by atoms with Crippen molar-refractivity contribution in [3.8, 4) is 0 Å². The molecule has 1 heteroatoms. The molecule has 0 amide bonds. The van der Waals surface area contributed by atoms with Crippen LogP contribution >= 0.6 is 0 Å². The van der Waals surface area contributed by atoms with E-state index in [4.69, 9.17) is 0 Å². The third-order valence-electron chi connectivity index (χ3n) is 1.48. The molecule has 0 unspecified atom stereocenters. The van der Waals surface area contributed by atoms with E-state index in [0.29, 0.717) is 0 Å². The molecule has 11 heavy (non-hydrogen) atoms. The lowest BCUT2D eigenvalue weighted by Crippen LogP contribution is -1.92. The Hall–Kier alpha value is -0.720. The van der Waals surface area contributed by atoms with E-state index >= 15 is 0 Å². The second-order valence-corrected chi connectivity index (χ2v) is 2.72. The van der Waals surface area contributed by atoms with Gasteiger partial charge in [0.25, 0.3) is 0 Å². The van der Waals surface area contributed by atoms with E-state index in [1.807, 2.05) is 13.2 Å². The first-order valence-corrected chi connectivity index (χ1v) is 4.31. The normalized spacial score (nSPS) is 12.5. The lowest BCUT2D eigenvalue weighted by Gasteiger charge is -1.92. The maximum absolute atomic E-state index is 3.00. The highest BCUT2D eigenvalue weighted by molar-refractivity contribution is 5.14. The summed E-state index contributed by atoms with van der Waals surface area (Å²) in [6.07, 6.45) is 10.2. The van der Waals surface area contributed by atoms with Crippen LogP contribution in [-0.4, -0.2) is 7.05 Å². The van der Waals surface area contributed by atoms with Gasteiger partial charge in [-0.1, -0.05) is 31.9 Å². The summed E-state index contributed by atoms with van der Waals surface area (Å²) >= 11 is 0. The topological polar surface area (TPSA) is 12.0 Å². The summed E-state index contributed by atoms with van der Waals surface area (Å²) < 4.78 is 0. The number of allylic oxidation sites excluding steroid dienone is 3. The Morgan fingerprint density at radius 3 is 2.73 bits per heavy atom. The van der Waals surface area contributed by atoms with Crippen LogP contribution in [0.3, 0.4) is 0 Å². The van der Waals surface area contributed by atoms with Crippen molar-refractivity contribution in [1.29, 1.82) is 0 Å². The maximum atomic E-state index is 3.00. The minimum Gasteiger partial charge on any atom is -0.394 e. The van der Waals surface area contributed by atoms with E-state index in [1.165, 1.54) is 24.8 Å². The average Bonchev–Trinajstić information content (AvgIpc) is 1.99. The fourth-order valence-corrected chi connectivity index (χ4v) is 0.867. The molecule has 0 aliphatic heterocycles. The second kappa shape index (κ2) is 7.39. The Balaban J connectivity index is 3.48. The zero-order valence-electron chi connectivity index (χ0n) is 7.85. The van der Waals surface area contributed by atoms with Crippen LogP contribution in [0.4, 0.5) is 0 Å². The van der Waals surface area contributed by atoms with Crippen molar-refractivity contribution in [3.05, 3.63) is 23.9 Å². The first-order valence-electron chi connectivity index (χ1n) is 4.31. The van der Waals surface area contributed by atoms with Crippen molar-refractivity contribution in [3.63, 3.8) is 0 Å². The number of unbranched alkanes of at least 4 members (excludes halogenated alkanes) is 2. The molecule has 0 aromatic carbocycles. The molecular formula is C10H19N. The highest BCUT2D eigenvalue weighted by Crippen LogP contribution is 1.98. The monoisotopic (exact) mass is 153 g/mol. The van der Waals surface area contributed by atoms with E-state index in [9.17, 15) is 0 Å². The van der Waals surface area contributed by atoms with Crippen molar-refractivity contribution < 1.29 is 0 Å². The third-order valence-corrected chi connectivity index (χ3v) is 1.48. The summed E-state index contributed by atoms with van der Waals surface area (Å²) in [6.45, 7) is 4.31. The lowest BCUT2D eigenvalue weighted by atomic mass is 10.2. The van der Waals surface area contributed by atoms with Gasteiger partial charge in [0, 0.05) is 7.05 Å². The lowest BCUT2D eigenvalue weighted by molar-refractivity contribution is 0.814. The third kappa shape index (κ3) is 7.17. The van der Waals surface area contributed by atoms with E-state index in [1.54, 1.807) is 0 Å². The van der Waals surface area contributed by atoms with Crippen molar-refractivity contribution >= 4 is 0 Å². The fourth-order valence-electron chi connectivity index (χ4n) is 0.867. The van der Waals surface area contributed by atoms with Crippen molar-refractivity contribution in [2.24, 2.45) is 0 Å². The molecule has 0 aromatic rings. The SMILES string of the molecule is CCCC/C=C/C(C)=C\NC. The van der Waals surface area contributed by atoms with Crippen LogP contribution in [0, 0.1) is 0 Å². The summed E-state index contributed by atoms with van der Waals surface area (Å²) in [5.74, 6) is 0. The summed E-state index contributed by atoms with van der Waals surface area (Å²) in [5, 5.41) is 3.00. The standard InChI is InChI=1S/C10H19N/c1-4-5-6-7-8-10(2)9-11-3/h7-9,11H,4-6H2,1-3H3/b8-7+,10-9-. The highest BCUT2D eigenvalue weighted by Gasteiger charge is 1.79. The van der Waals surface area contributed by atoms with Crippen LogP contribution in [0.25, 0.3) is 0 Å². The van der Waals surface area contributed by atoms with Crippen molar-refractivity contribution in [1.82, 2.24) is 5.32 Å². The Bertz CT molecular complexity index is 134. The van der Waals surface area contributed by atoms with Gasteiger partial charge in [0.15, 0.2) is 0 Å². The molecule has 0 aliphatic rings. The zero-order valence-corrected chi connectivity index (χ0v) is 7.85. The van der Waals surface area contributed by atoms with Crippen molar-refractivity contribution in [2.75, 3.05) is 7.05 Å². The Kier molecular flexibility index (Phi) is 6.90. The Morgan fingerprint density at radius 2 is 2.18 bits per heavy atom. The van der Waals surface area contributed by atoms with Crippen LogP contribution in [-0.2, 0) is 0 Å². The predicted molar refractivity (Wildman–Crippen MR) is 51.5 cm³/mol. The van der Waals surface area contributed by atoms with Gasteiger partial charge in [-0.3, -0.25) is 0 Å². The molecule has 0 atom stereocenters. The zero-order chi connectivity index (χ0) is 8.53. The first-order chi connectivity index (χ1) is 5.31. The maximum Gasteiger partial charge on any atom is 0.00277 e. The van der Waals surface area contributed by atoms with Crippen LogP contribution in [0.1, 0.15) is 33.1 Å². The highest BCUT2D eigenvalue weighted by atomic mass is 14.8. The van der Waals surface area contributed by atoms with Crippen LogP contribution < -0.4 is 5.32 Å². The molecule has 1 nitrogen and oxygen atoms in total. The second-order valence-electron chi connectivity index (χ2n) is 2.72. The van der Waals surface area contributed by atoms with E-state index in [0.717, 1.165) is 0 Å². The molecule has 0 heterocycles. The van der Waals surface area contributed by atoms with E-state index in [2.05, 4.69) is 31.3 Å². The largest absolute Gasteiger partial charge is 0.394 e. The van der Waals surface area contributed by atoms with Gasteiger partial charge in [0.1, 0.15) is 0 Å². The molecule has 1 N–H and O–H groups in total. The molecule has 0 aromatic heterocycles. The summed E-state index contributed by atoms with van der Waals surface area (Å²) in [7, 11) is 1.92. The molecule has 0 saturated heterocycles. The first kappa shape index (κ1) is 10.3. The fraction of sp³-hybridized carbons (Fsp3) is 0.600.